The first-order valence-electron chi connectivity index (χ1n) is 11.8. The maximum Gasteiger partial charge on any atom is 0.422 e. The van der Waals surface area contributed by atoms with E-state index in [1.165, 1.54) is 32.0 Å². The lowest BCUT2D eigenvalue weighted by molar-refractivity contribution is -0.190. The molecule has 0 spiro atoms. The van der Waals surface area contributed by atoms with Crippen molar-refractivity contribution in [1.82, 2.24) is 10.2 Å². The fourth-order valence-corrected chi connectivity index (χ4v) is 3.20. The van der Waals surface area contributed by atoms with Crippen molar-refractivity contribution in [3.05, 3.63) is 70.8 Å². The zero-order valence-electron chi connectivity index (χ0n) is 22.0. The van der Waals surface area contributed by atoms with Crippen molar-refractivity contribution in [2.45, 2.75) is 71.4 Å². The Morgan fingerprint density at radius 1 is 0.775 bits per heavy atom. The Labute approximate surface area is 225 Å². The molecule has 0 heterocycles. The number of alkyl halides is 9. The Hall–Kier alpha value is -3.29. The number of rotatable bonds is 7. The number of hydrogen-bond donors (Lipinski definition) is 1. The highest BCUT2D eigenvalue weighted by Gasteiger charge is 2.36. The van der Waals surface area contributed by atoms with E-state index in [1.807, 2.05) is 13.8 Å². The SMILES string of the molecule is CC(C)N(Cc1ccccc1C(F)(F)F)C(=O)C(=O)OCC(F)(F)F.CC(C)NCc1ccccc1C(F)(F)F. The Morgan fingerprint density at radius 2 is 1.23 bits per heavy atom. The van der Waals surface area contributed by atoms with E-state index < -0.39 is 60.7 Å². The lowest BCUT2D eigenvalue weighted by Gasteiger charge is -2.27. The van der Waals surface area contributed by atoms with Crippen molar-refractivity contribution in [3.63, 3.8) is 0 Å². The molecular weight excluding hydrogens is 559 g/mol. The fraction of sp³-hybridized carbons (Fsp3) is 0.462. The molecule has 224 valence electrons. The normalized spacial score (nSPS) is 12.2. The van der Waals surface area contributed by atoms with Gasteiger partial charge >= 0.3 is 30.4 Å². The molecule has 0 aliphatic rings. The number of nitrogens with one attached hydrogen (secondary N) is 1. The zero-order chi connectivity index (χ0) is 30.9. The minimum absolute atomic E-state index is 0.172. The van der Waals surface area contributed by atoms with Gasteiger partial charge in [0, 0.05) is 25.2 Å². The number of carbonyl (C=O) groups is 2. The fourth-order valence-electron chi connectivity index (χ4n) is 3.20. The van der Waals surface area contributed by atoms with Gasteiger partial charge in [0.25, 0.3) is 0 Å². The highest BCUT2D eigenvalue weighted by atomic mass is 19.4. The van der Waals surface area contributed by atoms with Gasteiger partial charge in [0.15, 0.2) is 6.61 Å². The van der Waals surface area contributed by atoms with Crippen LogP contribution in [-0.4, -0.2) is 41.6 Å². The Bertz CT molecular complexity index is 1110. The average molecular weight is 589 g/mol. The number of nitrogens with zero attached hydrogens (tertiary/aromatic N) is 1. The number of esters is 1. The summed E-state index contributed by atoms with van der Waals surface area (Å²) in [6.07, 6.45) is -13.8. The smallest absolute Gasteiger partial charge is 0.422 e. The van der Waals surface area contributed by atoms with Gasteiger partial charge in [0.2, 0.25) is 0 Å². The maximum atomic E-state index is 13.0. The Balaban J connectivity index is 0.000000453. The number of halogens is 9. The standard InChI is InChI=1S/C15H15F6NO3.C11H14F3N/c1-9(2)22(12(23)13(24)25-8-14(16,17)18)7-10-5-3-4-6-11(10)15(19,20)21;1-8(2)15-7-9-5-3-4-6-10(9)11(12,13)14/h3-6,9H,7-8H2,1-2H3;3-6,8,15H,7H2,1-2H3. The summed E-state index contributed by atoms with van der Waals surface area (Å²) in [5.41, 5.74) is -1.56. The lowest BCUT2D eigenvalue weighted by Crippen LogP contribution is -2.42. The van der Waals surface area contributed by atoms with Crippen LogP contribution in [0.5, 0.6) is 0 Å². The van der Waals surface area contributed by atoms with E-state index in [4.69, 9.17) is 0 Å². The van der Waals surface area contributed by atoms with E-state index in [1.54, 1.807) is 6.07 Å². The second-order valence-electron chi connectivity index (χ2n) is 9.06. The van der Waals surface area contributed by atoms with Crippen LogP contribution in [0.2, 0.25) is 0 Å². The average Bonchev–Trinajstić information content (AvgIpc) is 2.83. The molecule has 0 atom stereocenters. The van der Waals surface area contributed by atoms with Crippen LogP contribution in [0, 0.1) is 0 Å². The van der Waals surface area contributed by atoms with Gasteiger partial charge in [0.05, 0.1) is 11.1 Å². The monoisotopic (exact) mass is 588 g/mol. The molecule has 1 amide bonds. The van der Waals surface area contributed by atoms with Crippen LogP contribution in [0.25, 0.3) is 0 Å². The van der Waals surface area contributed by atoms with Gasteiger partial charge < -0.3 is 15.0 Å². The van der Waals surface area contributed by atoms with Crippen LogP contribution < -0.4 is 5.32 Å². The van der Waals surface area contributed by atoms with E-state index in [2.05, 4.69) is 10.1 Å². The van der Waals surface area contributed by atoms with Crippen molar-refractivity contribution in [3.8, 4) is 0 Å². The first kappa shape index (κ1) is 34.7. The maximum absolute atomic E-state index is 13.0. The summed E-state index contributed by atoms with van der Waals surface area (Å²) in [7, 11) is 0. The summed E-state index contributed by atoms with van der Waals surface area (Å²) >= 11 is 0. The van der Waals surface area contributed by atoms with Crippen molar-refractivity contribution < 1.29 is 53.8 Å². The second kappa shape index (κ2) is 14.4. The van der Waals surface area contributed by atoms with E-state index in [9.17, 15) is 49.1 Å². The van der Waals surface area contributed by atoms with Crippen molar-refractivity contribution >= 4 is 11.9 Å². The van der Waals surface area contributed by atoms with E-state index in [-0.39, 0.29) is 18.2 Å². The van der Waals surface area contributed by atoms with Crippen molar-refractivity contribution in [2.75, 3.05) is 6.61 Å². The summed E-state index contributed by atoms with van der Waals surface area (Å²) in [6, 6.07) is 9.45. The molecule has 0 radical (unpaired) electrons. The molecule has 5 nitrogen and oxygen atoms in total. The van der Waals surface area contributed by atoms with Gasteiger partial charge in [-0.15, -0.1) is 0 Å². The van der Waals surface area contributed by atoms with Gasteiger partial charge in [-0.25, -0.2) is 4.79 Å². The highest BCUT2D eigenvalue weighted by Crippen LogP contribution is 2.33. The lowest BCUT2D eigenvalue weighted by atomic mass is 10.1. The van der Waals surface area contributed by atoms with Crippen LogP contribution >= 0.6 is 0 Å². The molecule has 0 bridgehead atoms. The quantitative estimate of drug-likeness (QED) is 0.221. The molecule has 0 saturated carbocycles. The third-order valence-corrected chi connectivity index (χ3v) is 5.11. The topological polar surface area (TPSA) is 58.6 Å². The number of carbonyl (C=O) groups excluding carboxylic acids is 2. The molecule has 0 aliphatic heterocycles. The summed E-state index contributed by atoms with van der Waals surface area (Å²) in [5, 5.41) is 2.97. The first-order valence-corrected chi connectivity index (χ1v) is 11.8. The zero-order valence-corrected chi connectivity index (χ0v) is 22.0. The molecule has 2 aromatic carbocycles. The van der Waals surface area contributed by atoms with Crippen LogP contribution in [0.1, 0.15) is 49.9 Å². The molecule has 0 aromatic heterocycles. The van der Waals surface area contributed by atoms with Crippen LogP contribution in [0.4, 0.5) is 39.5 Å². The Kier molecular flexibility index (Phi) is 12.5. The summed E-state index contributed by atoms with van der Waals surface area (Å²) in [5.74, 6) is -3.23. The van der Waals surface area contributed by atoms with Crippen LogP contribution in [0.15, 0.2) is 48.5 Å². The highest BCUT2D eigenvalue weighted by molar-refractivity contribution is 6.32. The predicted octanol–water partition coefficient (Wildman–Crippen LogP) is 6.75. The number of ether oxygens (including phenoxy) is 1. The second-order valence-corrected chi connectivity index (χ2v) is 9.06. The van der Waals surface area contributed by atoms with Gasteiger partial charge in [-0.1, -0.05) is 50.2 Å². The van der Waals surface area contributed by atoms with Gasteiger partial charge in [0.1, 0.15) is 0 Å². The Morgan fingerprint density at radius 3 is 1.65 bits per heavy atom. The molecule has 0 saturated heterocycles. The third kappa shape index (κ3) is 11.8. The van der Waals surface area contributed by atoms with E-state index in [0.29, 0.717) is 10.5 Å². The molecule has 0 aliphatic carbocycles. The summed E-state index contributed by atoms with van der Waals surface area (Å²) < 4.78 is 117. The minimum atomic E-state index is -4.82. The van der Waals surface area contributed by atoms with Crippen molar-refractivity contribution in [1.29, 1.82) is 0 Å². The predicted molar refractivity (Wildman–Crippen MR) is 128 cm³/mol. The van der Waals surface area contributed by atoms with Crippen LogP contribution in [-0.2, 0) is 39.8 Å². The van der Waals surface area contributed by atoms with E-state index >= 15 is 0 Å². The summed E-state index contributed by atoms with van der Waals surface area (Å²) in [4.78, 5) is 24.2. The van der Waals surface area contributed by atoms with Gasteiger partial charge in [-0.3, -0.25) is 4.79 Å². The van der Waals surface area contributed by atoms with Gasteiger partial charge in [-0.05, 0) is 37.1 Å². The molecule has 0 unspecified atom stereocenters. The third-order valence-electron chi connectivity index (χ3n) is 5.11. The molecule has 40 heavy (non-hydrogen) atoms. The molecular formula is C26H29F9N2O3. The molecule has 1 N–H and O–H groups in total. The van der Waals surface area contributed by atoms with Crippen molar-refractivity contribution in [2.24, 2.45) is 0 Å². The molecule has 14 heteroatoms. The largest absolute Gasteiger partial charge is 0.449 e. The van der Waals surface area contributed by atoms with Crippen LogP contribution in [0.3, 0.4) is 0 Å². The molecule has 0 fully saturated rings. The minimum Gasteiger partial charge on any atom is -0.449 e. The number of hydrogen-bond acceptors (Lipinski definition) is 4. The molecule has 2 aromatic rings. The summed E-state index contributed by atoms with van der Waals surface area (Å²) in [6.45, 7) is 4.30. The first-order chi connectivity index (χ1) is 18.2. The van der Waals surface area contributed by atoms with Gasteiger partial charge in [-0.2, -0.15) is 39.5 Å². The number of benzene rings is 2. The number of amides is 1. The molecule has 2 rings (SSSR count). The van der Waals surface area contributed by atoms with E-state index in [0.717, 1.165) is 24.3 Å².